The average Bonchev–Trinajstić information content (AvgIpc) is 2.96. The van der Waals surface area contributed by atoms with Gasteiger partial charge in [0.05, 0.1) is 0 Å². The van der Waals surface area contributed by atoms with Crippen LogP contribution in [0.3, 0.4) is 0 Å². The van der Waals surface area contributed by atoms with Crippen LogP contribution >= 0.6 is 11.3 Å². The number of aromatic nitrogens is 2. The van der Waals surface area contributed by atoms with E-state index < -0.39 is 0 Å². The van der Waals surface area contributed by atoms with E-state index in [1.165, 1.54) is 11.3 Å². The van der Waals surface area contributed by atoms with Crippen molar-refractivity contribution >= 4 is 22.4 Å². The van der Waals surface area contributed by atoms with E-state index in [0.29, 0.717) is 23.7 Å². The van der Waals surface area contributed by atoms with Crippen molar-refractivity contribution in [3.63, 3.8) is 0 Å². The van der Waals surface area contributed by atoms with Gasteiger partial charge >= 0.3 is 0 Å². The Kier molecular flexibility index (Phi) is 5.52. The lowest BCUT2D eigenvalue weighted by Gasteiger charge is -2.28. The highest BCUT2D eigenvalue weighted by atomic mass is 32.1. The number of hydrogen-bond donors (Lipinski definition) is 2. The van der Waals surface area contributed by atoms with Crippen molar-refractivity contribution in [2.75, 3.05) is 5.32 Å². The van der Waals surface area contributed by atoms with Gasteiger partial charge in [0.15, 0.2) is 0 Å². The first-order chi connectivity index (χ1) is 11.5. The zero-order valence-electron chi connectivity index (χ0n) is 15.8. The highest BCUT2D eigenvalue weighted by molar-refractivity contribution is 7.13. The third-order valence-corrected chi connectivity index (χ3v) is 4.64. The molecule has 0 saturated heterocycles. The zero-order chi connectivity index (χ0) is 18.8. The summed E-state index contributed by atoms with van der Waals surface area (Å²) in [5.74, 6) is 0.279. The number of phenols is 1. The number of nitrogens with one attached hydrogen (secondary N) is 1. The predicted molar refractivity (Wildman–Crippen MR) is 102 cm³/mol. The number of aryl methyl sites for hydroxylation is 1. The van der Waals surface area contributed by atoms with Crippen LogP contribution < -0.4 is 5.32 Å². The number of nitrogens with zero attached hydrogens (tertiary/aromatic N) is 2. The quantitative estimate of drug-likeness (QED) is 0.846. The van der Waals surface area contributed by atoms with Crippen LogP contribution in [0.1, 0.15) is 64.7 Å². The van der Waals surface area contributed by atoms with E-state index in [-0.39, 0.29) is 16.7 Å². The van der Waals surface area contributed by atoms with E-state index >= 15 is 0 Å². The smallest absolute Gasteiger partial charge is 0.226 e. The normalized spacial score (nSPS) is 12.2. The van der Waals surface area contributed by atoms with Gasteiger partial charge in [-0.2, -0.15) is 0 Å². The van der Waals surface area contributed by atoms with E-state index in [1.807, 2.05) is 12.1 Å². The summed E-state index contributed by atoms with van der Waals surface area (Å²) in [5, 5.41) is 21.5. The maximum atomic E-state index is 12.1. The standard InChI is InChI=1S/C19H27N3O2S/c1-18(2,3)13-9-12(10-14(16(13)24)19(4,5)6)7-8-15(23)21-17-22-20-11-25-17/h9-11,24H,7-8H2,1-6H3,(H,21,22,23). The highest BCUT2D eigenvalue weighted by Gasteiger charge is 2.26. The fourth-order valence-electron chi connectivity index (χ4n) is 2.65. The highest BCUT2D eigenvalue weighted by Crippen LogP contribution is 2.39. The lowest BCUT2D eigenvalue weighted by molar-refractivity contribution is -0.116. The van der Waals surface area contributed by atoms with Gasteiger partial charge in [-0.3, -0.25) is 4.79 Å². The molecule has 2 rings (SSSR count). The molecule has 2 aromatic rings. The molecule has 6 heteroatoms. The molecule has 0 saturated carbocycles. The predicted octanol–water partition coefficient (Wildman–Crippen LogP) is 4.41. The van der Waals surface area contributed by atoms with Gasteiger partial charge in [0.1, 0.15) is 11.3 Å². The Morgan fingerprint density at radius 1 is 1.12 bits per heavy atom. The fraction of sp³-hybridized carbons (Fsp3) is 0.526. The molecule has 0 radical (unpaired) electrons. The monoisotopic (exact) mass is 361 g/mol. The molecule has 0 unspecified atom stereocenters. The molecule has 0 fully saturated rings. The lowest BCUT2D eigenvalue weighted by Crippen LogP contribution is -2.18. The molecule has 1 amide bonds. The number of carbonyl (C=O) groups is 1. The van der Waals surface area contributed by atoms with Crippen LogP contribution in [0.2, 0.25) is 0 Å². The van der Waals surface area contributed by atoms with Gasteiger partial charge in [-0.05, 0) is 33.9 Å². The summed E-state index contributed by atoms with van der Waals surface area (Å²) >= 11 is 1.30. The zero-order valence-corrected chi connectivity index (χ0v) is 16.6. The molecule has 25 heavy (non-hydrogen) atoms. The molecule has 5 nitrogen and oxygen atoms in total. The first kappa shape index (κ1) is 19.4. The molecule has 1 heterocycles. The molecule has 0 aliphatic rings. The van der Waals surface area contributed by atoms with E-state index in [4.69, 9.17) is 0 Å². The van der Waals surface area contributed by atoms with E-state index in [0.717, 1.165) is 16.7 Å². The number of rotatable bonds is 4. The van der Waals surface area contributed by atoms with Crippen LogP contribution in [0.5, 0.6) is 5.75 Å². The Morgan fingerprint density at radius 2 is 1.68 bits per heavy atom. The van der Waals surface area contributed by atoms with Crippen LogP contribution in [-0.4, -0.2) is 21.2 Å². The molecule has 136 valence electrons. The van der Waals surface area contributed by atoms with Gasteiger partial charge in [0.25, 0.3) is 0 Å². The summed E-state index contributed by atoms with van der Waals surface area (Å²) in [6.07, 6.45) is 0.967. The first-order valence-corrected chi connectivity index (χ1v) is 9.29. The van der Waals surface area contributed by atoms with Crippen molar-refractivity contribution < 1.29 is 9.90 Å². The fourth-order valence-corrected chi connectivity index (χ4v) is 3.11. The molecular formula is C19H27N3O2S. The van der Waals surface area contributed by atoms with Gasteiger partial charge < -0.3 is 10.4 Å². The topological polar surface area (TPSA) is 75.1 Å². The van der Waals surface area contributed by atoms with Gasteiger partial charge in [-0.25, -0.2) is 0 Å². The Hall–Kier alpha value is -1.95. The third kappa shape index (κ3) is 5.01. The number of phenolic OH excluding ortho intramolecular Hbond substituents is 1. The Bertz CT molecular complexity index is 706. The van der Waals surface area contributed by atoms with Crippen LogP contribution in [0.25, 0.3) is 0 Å². The van der Waals surface area contributed by atoms with Gasteiger partial charge in [0.2, 0.25) is 11.0 Å². The summed E-state index contributed by atoms with van der Waals surface area (Å²) in [5.41, 5.74) is 4.13. The minimum absolute atomic E-state index is 0.0838. The van der Waals surface area contributed by atoms with Crippen molar-refractivity contribution in [2.45, 2.75) is 65.2 Å². The molecule has 2 N–H and O–H groups in total. The van der Waals surface area contributed by atoms with Gasteiger partial charge in [-0.15, -0.1) is 10.2 Å². The van der Waals surface area contributed by atoms with Crippen LogP contribution in [0.4, 0.5) is 5.13 Å². The minimum atomic E-state index is -0.172. The second-order valence-electron chi connectivity index (χ2n) is 8.33. The molecule has 0 aliphatic heterocycles. The Labute approximate surface area is 153 Å². The van der Waals surface area contributed by atoms with Crippen LogP contribution in [0.15, 0.2) is 17.6 Å². The van der Waals surface area contributed by atoms with Gasteiger partial charge in [-0.1, -0.05) is 65.0 Å². The Morgan fingerprint density at radius 3 is 2.12 bits per heavy atom. The molecule has 1 aromatic carbocycles. The minimum Gasteiger partial charge on any atom is -0.507 e. The molecule has 0 bridgehead atoms. The van der Waals surface area contributed by atoms with E-state index in [9.17, 15) is 9.90 Å². The molecule has 0 aliphatic carbocycles. The molecule has 0 atom stereocenters. The van der Waals surface area contributed by atoms with Crippen molar-refractivity contribution in [3.8, 4) is 5.75 Å². The number of hydrogen-bond acceptors (Lipinski definition) is 5. The summed E-state index contributed by atoms with van der Waals surface area (Å²) < 4.78 is 0. The Balaban J connectivity index is 2.23. The summed E-state index contributed by atoms with van der Waals surface area (Å²) in [6, 6.07) is 4.03. The molecule has 0 spiro atoms. The maximum absolute atomic E-state index is 12.1. The summed E-state index contributed by atoms with van der Waals surface area (Å²) in [4.78, 5) is 12.1. The second-order valence-corrected chi connectivity index (χ2v) is 9.16. The van der Waals surface area contributed by atoms with E-state index in [2.05, 4.69) is 57.1 Å². The summed E-state index contributed by atoms with van der Waals surface area (Å²) in [6.45, 7) is 12.5. The van der Waals surface area contributed by atoms with Crippen molar-refractivity contribution in [3.05, 3.63) is 34.3 Å². The lowest BCUT2D eigenvalue weighted by atomic mass is 9.78. The van der Waals surface area contributed by atoms with Crippen LogP contribution in [-0.2, 0) is 22.0 Å². The molecular weight excluding hydrogens is 334 g/mol. The van der Waals surface area contributed by atoms with Gasteiger partial charge in [0, 0.05) is 6.42 Å². The number of aromatic hydroxyl groups is 1. The van der Waals surface area contributed by atoms with E-state index in [1.54, 1.807) is 5.51 Å². The number of amides is 1. The maximum Gasteiger partial charge on any atom is 0.226 e. The van der Waals surface area contributed by atoms with Crippen molar-refractivity contribution in [2.24, 2.45) is 0 Å². The first-order valence-electron chi connectivity index (χ1n) is 8.41. The number of anilines is 1. The summed E-state index contributed by atoms with van der Waals surface area (Å²) in [7, 11) is 0. The number of carbonyl (C=O) groups excluding carboxylic acids is 1. The van der Waals surface area contributed by atoms with Crippen molar-refractivity contribution in [1.29, 1.82) is 0 Å². The largest absolute Gasteiger partial charge is 0.507 e. The van der Waals surface area contributed by atoms with Crippen LogP contribution in [0, 0.1) is 0 Å². The molecule has 1 aromatic heterocycles. The SMILES string of the molecule is CC(C)(C)c1cc(CCC(=O)Nc2nncs2)cc(C(C)(C)C)c1O. The second kappa shape index (κ2) is 7.12. The average molecular weight is 362 g/mol. The third-order valence-electron chi connectivity index (χ3n) is 4.03. The van der Waals surface area contributed by atoms with Crippen molar-refractivity contribution in [1.82, 2.24) is 10.2 Å². The number of benzene rings is 1.